The van der Waals surface area contributed by atoms with E-state index in [1.54, 1.807) is 36.5 Å². The van der Waals surface area contributed by atoms with Gasteiger partial charge in [-0.05, 0) is 42.0 Å². The summed E-state index contributed by atoms with van der Waals surface area (Å²) in [5, 5.41) is 0. The maximum absolute atomic E-state index is 13.0. The molecule has 0 bridgehead atoms. The Hall–Kier alpha value is -2.69. The average Bonchev–Trinajstić information content (AvgIpc) is 2.38. The number of halogens is 1. The molecule has 1 heterocycles. The highest BCUT2D eigenvalue weighted by atomic mass is 19.1. The predicted octanol–water partition coefficient (Wildman–Crippen LogP) is 2.36. The SMILES string of the molecule is NC(=O)CC=Cc1cc(-c2ccc(F)cc2N)ccn1. The Bertz CT molecular complexity index is 668. The summed E-state index contributed by atoms with van der Waals surface area (Å²) in [6.45, 7) is 0. The Labute approximate surface area is 115 Å². The van der Waals surface area contributed by atoms with Crippen LogP contribution in [0.15, 0.2) is 42.6 Å². The second-order valence-electron chi connectivity index (χ2n) is 4.27. The molecule has 2 aromatic rings. The third-order valence-corrected chi connectivity index (χ3v) is 2.71. The van der Waals surface area contributed by atoms with E-state index in [4.69, 9.17) is 11.5 Å². The van der Waals surface area contributed by atoms with Gasteiger partial charge in [0.25, 0.3) is 0 Å². The predicted molar refractivity (Wildman–Crippen MR) is 76.9 cm³/mol. The molecule has 0 aliphatic heterocycles. The summed E-state index contributed by atoms with van der Waals surface area (Å²) >= 11 is 0. The molecule has 0 aliphatic carbocycles. The van der Waals surface area contributed by atoms with Crippen molar-refractivity contribution >= 4 is 17.7 Å². The second kappa shape index (κ2) is 5.97. The van der Waals surface area contributed by atoms with Gasteiger partial charge in [-0.1, -0.05) is 6.08 Å². The lowest BCUT2D eigenvalue weighted by Crippen LogP contribution is -2.07. The van der Waals surface area contributed by atoms with Gasteiger partial charge >= 0.3 is 0 Å². The van der Waals surface area contributed by atoms with E-state index in [0.29, 0.717) is 11.4 Å². The summed E-state index contributed by atoms with van der Waals surface area (Å²) in [4.78, 5) is 14.8. The van der Waals surface area contributed by atoms with Crippen molar-refractivity contribution in [3.63, 3.8) is 0 Å². The molecule has 0 saturated heterocycles. The third-order valence-electron chi connectivity index (χ3n) is 2.71. The van der Waals surface area contributed by atoms with E-state index in [9.17, 15) is 9.18 Å². The van der Waals surface area contributed by atoms with E-state index in [-0.39, 0.29) is 12.2 Å². The minimum atomic E-state index is -0.403. The number of hydrogen-bond acceptors (Lipinski definition) is 3. The molecule has 20 heavy (non-hydrogen) atoms. The van der Waals surface area contributed by atoms with Crippen molar-refractivity contribution in [3.05, 3.63) is 54.1 Å². The van der Waals surface area contributed by atoms with Crippen LogP contribution in [-0.2, 0) is 4.79 Å². The van der Waals surface area contributed by atoms with Crippen LogP contribution in [0.4, 0.5) is 10.1 Å². The molecule has 1 amide bonds. The van der Waals surface area contributed by atoms with Crippen molar-refractivity contribution in [2.24, 2.45) is 5.73 Å². The van der Waals surface area contributed by atoms with E-state index in [0.717, 1.165) is 11.1 Å². The summed E-state index contributed by atoms with van der Waals surface area (Å²) in [5.41, 5.74) is 13.5. The topological polar surface area (TPSA) is 82.0 Å². The van der Waals surface area contributed by atoms with Gasteiger partial charge in [-0.15, -0.1) is 0 Å². The smallest absolute Gasteiger partial charge is 0.221 e. The number of pyridine rings is 1. The normalized spacial score (nSPS) is 10.8. The van der Waals surface area contributed by atoms with Crippen molar-refractivity contribution < 1.29 is 9.18 Å². The molecule has 4 nitrogen and oxygen atoms in total. The maximum Gasteiger partial charge on any atom is 0.221 e. The molecule has 0 radical (unpaired) electrons. The lowest BCUT2D eigenvalue weighted by atomic mass is 10.0. The zero-order valence-electron chi connectivity index (χ0n) is 10.7. The molecule has 1 aromatic carbocycles. The van der Waals surface area contributed by atoms with Crippen molar-refractivity contribution in [3.8, 4) is 11.1 Å². The minimum absolute atomic E-state index is 0.157. The molecule has 0 atom stereocenters. The van der Waals surface area contributed by atoms with Crippen LogP contribution in [0.1, 0.15) is 12.1 Å². The summed E-state index contributed by atoms with van der Waals surface area (Å²) in [6, 6.07) is 7.85. The molecule has 0 spiro atoms. The summed E-state index contributed by atoms with van der Waals surface area (Å²) < 4.78 is 13.0. The molecule has 4 N–H and O–H groups in total. The van der Waals surface area contributed by atoms with Gasteiger partial charge in [0.05, 0.1) is 5.69 Å². The minimum Gasteiger partial charge on any atom is -0.398 e. The number of hydrogen-bond donors (Lipinski definition) is 2. The number of nitrogens with two attached hydrogens (primary N) is 2. The largest absolute Gasteiger partial charge is 0.398 e. The first kappa shape index (κ1) is 13.7. The van der Waals surface area contributed by atoms with Crippen molar-refractivity contribution in [1.29, 1.82) is 0 Å². The van der Waals surface area contributed by atoms with Gasteiger partial charge in [0.15, 0.2) is 0 Å². The lowest BCUT2D eigenvalue weighted by molar-refractivity contribution is -0.117. The molecule has 0 saturated carbocycles. The van der Waals surface area contributed by atoms with Gasteiger partial charge in [-0.2, -0.15) is 0 Å². The fraction of sp³-hybridized carbons (Fsp3) is 0.0667. The van der Waals surface area contributed by atoms with Gasteiger partial charge < -0.3 is 11.5 Å². The van der Waals surface area contributed by atoms with Crippen LogP contribution >= 0.6 is 0 Å². The third kappa shape index (κ3) is 3.41. The van der Waals surface area contributed by atoms with E-state index < -0.39 is 5.91 Å². The van der Waals surface area contributed by atoms with Gasteiger partial charge in [-0.25, -0.2) is 4.39 Å². The number of anilines is 1. The lowest BCUT2D eigenvalue weighted by Gasteiger charge is -2.06. The first-order valence-corrected chi connectivity index (χ1v) is 6.02. The Balaban J connectivity index is 2.29. The molecule has 0 aliphatic rings. The zero-order chi connectivity index (χ0) is 14.5. The number of carbonyl (C=O) groups is 1. The zero-order valence-corrected chi connectivity index (χ0v) is 10.7. The second-order valence-corrected chi connectivity index (χ2v) is 4.27. The molecule has 102 valence electrons. The van der Waals surface area contributed by atoms with E-state index >= 15 is 0 Å². The van der Waals surface area contributed by atoms with Crippen LogP contribution in [0, 0.1) is 5.82 Å². The van der Waals surface area contributed by atoms with Crippen LogP contribution in [0.25, 0.3) is 17.2 Å². The van der Waals surface area contributed by atoms with Gasteiger partial charge in [-0.3, -0.25) is 9.78 Å². The first-order valence-electron chi connectivity index (χ1n) is 6.02. The number of nitrogens with zero attached hydrogens (tertiary/aromatic N) is 1. The number of aromatic nitrogens is 1. The Morgan fingerprint density at radius 2 is 2.10 bits per heavy atom. The number of amides is 1. The number of rotatable bonds is 4. The summed E-state index contributed by atoms with van der Waals surface area (Å²) in [5.74, 6) is -0.776. The fourth-order valence-electron chi connectivity index (χ4n) is 1.80. The molecule has 0 fully saturated rings. The molecular weight excluding hydrogens is 257 g/mol. The van der Waals surface area contributed by atoms with Gasteiger partial charge in [0, 0.05) is 23.9 Å². The van der Waals surface area contributed by atoms with E-state index in [1.807, 2.05) is 0 Å². The molecule has 2 rings (SSSR count). The average molecular weight is 271 g/mol. The molecule has 1 aromatic heterocycles. The summed E-state index contributed by atoms with van der Waals surface area (Å²) in [6.07, 6.45) is 5.13. The fourth-order valence-corrected chi connectivity index (χ4v) is 1.80. The van der Waals surface area contributed by atoms with Crippen LogP contribution in [0.2, 0.25) is 0 Å². The molecule has 0 unspecified atom stereocenters. The Morgan fingerprint density at radius 1 is 1.30 bits per heavy atom. The van der Waals surface area contributed by atoms with Crippen LogP contribution in [0.5, 0.6) is 0 Å². The number of nitrogen functional groups attached to an aromatic ring is 1. The standard InChI is InChI=1S/C15H14FN3O/c16-11-4-5-13(14(17)9-11)10-6-7-19-12(8-10)2-1-3-15(18)20/h1-2,4-9H,3,17H2,(H2,18,20). The quantitative estimate of drug-likeness (QED) is 0.837. The Morgan fingerprint density at radius 3 is 2.80 bits per heavy atom. The monoisotopic (exact) mass is 271 g/mol. The Kier molecular flexibility index (Phi) is 4.10. The van der Waals surface area contributed by atoms with Crippen LogP contribution in [0.3, 0.4) is 0 Å². The van der Waals surface area contributed by atoms with Gasteiger partial charge in [0.1, 0.15) is 5.82 Å². The highest BCUT2D eigenvalue weighted by Crippen LogP contribution is 2.26. The van der Waals surface area contributed by atoms with E-state index in [2.05, 4.69) is 4.98 Å². The maximum atomic E-state index is 13.0. The number of carbonyl (C=O) groups excluding carboxylic acids is 1. The first-order chi connectivity index (χ1) is 9.56. The van der Waals surface area contributed by atoms with Gasteiger partial charge in [0.2, 0.25) is 5.91 Å². The highest BCUT2D eigenvalue weighted by Gasteiger charge is 2.04. The van der Waals surface area contributed by atoms with Crippen LogP contribution in [-0.4, -0.2) is 10.9 Å². The van der Waals surface area contributed by atoms with Crippen molar-refractivity contribution in [2.75, 3.05) is 5.73 Å². The summed E-state index contributed by atoms with van der Waals surface area (Å²) in [7, 11) is 0. The van der Waals surface area contributed by atoms with E-state index in [1.165, 1.54) is 12.1 Å². The van der Waals surface area contributed by atoms with Crippen LogP contribution < -0.4 is 11.5 Å². The van der Waals surface area contributed by atoms with Crippen molar-refractivity contribution in [1.82, 2.24) is 4.98 Å². The highest BCUT2D eigenvalue weighted by molar-refractivity contribution is 5.78. The molecular formula is C15H14FN3O. The number of benzene rings is 1. The molecule has 5 heteroatoms. The van der Waals surface area contributed by atoms with Crippen molar-refractivity contribution in [2.45, 2.75) is 6.42 Å². The number of primary amides is 1.